The Kier molecular flexibility index (Phi) is 4.15. The lowest BCUT2D eigenvalue weighted by molar-refractivity contribution is -0.385. The van der Waals surface area contributed by atoms with Crippen molar-refractivity contribution in [2.45, 2.75) is 25.6 Å². The average Bonchev–Trinajstić information content (AvgIpc) is 2.27. The molecule has 0 aliphatic rings. The Bertz CT molecular complexity index is 467. The number of nitro benzene ring substituents is 1. The van der Waals surface area contributed by atoms with Gasteiger partial charge >= 0.3 is 0 Å². The summed E-state index contributed by atoms with van der Waals surface area (Å²) in [6.45, 7) is 1.55. The number of rotatable bonds is 4. The van der Waals surface area contributed by atoms with Crippen LogP contribution in [0.1, 0.15) is 23.7 Å². The van der Waals surface area contributed by atoms with Gasteiger partial charge in [-0.15, -0.1) is 0 Å². The SMILES string of the molecule is Cc1cc(C(O)C(O)CC#N)ccc1[N+](=O)[O-]. The van der Waals surface area contributed by atoms with E-state index in [1.165, 1.54) is 18.2 Å². The third-order valence-electron chi connectivity index (χ3n) is 2.42. The molecule has 2 N–H and O–H groups in total. The zero-order valence-electron chi connectivity index (χ0n) is 9.20. The minimum atomic E-state index is -1.21. The Labute approximate surface area is 97.9 Å². The normalized spacial score (nSPS) is 13.8. The number of aliphatic hydroxyl groups is 2. The zero-order valence-corrected chi connectivity index (χ0v) is 9.20. The van der Waals surface area contributed by atoms with Crippen molar-refractivity contribution >= 4 is 5.69 Å². The molecule has 0 aromatic heterocycles. The van der Waals surface area contributed by atoms with Crippen LogP contribution in [0.3, 0.4) is 0 Å². The molecule has 90 valence electrons. The van der Waals surface area contributed by atoms with E-state index in [1.807, 2.05) is 0 Å². The molecule has 2 unspecified atom stereocenters. The Morgan fingerprint density at radius 2 is 2.18 bits per heavy atom. The van der Waals surface area contributed by atoms with Crippen molar-refractivity contribution in [1.29, 1.82) is 5.26 Å². The highest BCUT2D eigenvalue weighted by molar-refractivity contribution is 5.42. The fourth-order valence-corrected chi connectivity index (χ4v) is 1.49. The highest BCUT2D eigenvalue weighted by Gasteiger charge is 2.20. The van der Waals surface area contributed by atoms with Gasteiger partial charge in [0.05, 0.1) is 23.5 Å². The van der Waals surface area contributed by atoms with Crippen LogP contribution in [0.25, 0.3) is 0 Å². The maximum absolute atomic E-state index is 10.6. The summed E-state index contributed by atoms with van der Waals surface area (Å²) < 4.78 is 0. The first-order chi connectivity index (χ1) is 7.97. The minimum Gasteiger partial charge on any atom is -0.389 e. The number of aliphatic hydroxyl groups excluding tert-OH is 2. The van der Waals surface area contributed by atoms with E-state index >= 15 is 0 Å². The van der Waals surface area contributed by atoms with Crippen LogP contribution in [0, 0.1) is 28.4 Å². The molecule has 6 heteroatoms. The highest BCUT2D eigenvalue weighted by atomic mass is 16.6. The Hall–Kier alpha value is -1.97. The Balaban J connectivity index is 2.98. The van der Waals surface area contributed by atoms with E-state index in [9.17, 15) is 20.3 Å². The molecule has 0 aliphatic carbocycles. The van der Waals surface area contributed by atoms with Gasteiger partial charge in [-0.05, 0) is 24.6 Å². The van der Waals surface area contributed by atoms with Crippen molar-refractivity contribution in [1.82, 2.24) is 0 Å². The number of nitriles is 1. The van der Waals surface area contributed by atoms with Gasteiger partial charge in [0.1, 0.15) is 6.10 Å². The second-order valence-electron chi connectivity index (χ2n) is 3.68. The summed E-state index contributed by atoms with van der Waals surface area (Å²) in [5.74, 6) is 0. The van der Waals surface area contributed by atoms with E-state index in [-0.39, 0.29) is 12.1 Å². The Morgan fingerprint density at radius 1 is 1.53 bits per heavy atom. The number of hydrogen-bond donors (Lipinski definition) is 2. The lowest BCUT2D eigenvalue weighted by Crippen LogP contribution is -2.17. The number of nitro groups is 1. The van der Waals surface area contributed by atoms with Gasteiger partial charge in [0.25, 0.3) is 5.69 Å². The zero-order chi connectivity index (χ0) is 13.0. The third kappa shape index (κ3) is 3.00. The molecule has 1 aromatic carbocycles. The fraction of sp³-hybridized carbons (Fsp3) is 0.364. The van der Waals surface area contributed by atoms with Gasteiger partial charge in [0.2, 0.25) is 0 Å². The molecule has 0 aliphatic heterocycles. The molecule has 17 heavy (non-hydrogen) atoms. The van der Waals surface area contributed by atoms with Crippen molar-refractivity contribution in [2.24, 2.45) is 0 Å². The molecule has 1 aromatic rings. The summed E-state index contributed by atoms with van der Waals surface area (Å²) >= 11 is 0. The molecule has 1 rings (SSSR count). The predicted octanol–water partition coefficient (Wildman–Crippen LogP) is 1.21. The van der Waals surface area contributed by atoms with Gasteiger partial charge in [0.15, 0.2) is 0 Å². The van der Waals surface area contributed by atoms with Crippen LogP contribution >= 0.6 is 0 Å². The van der Waals surface area contributed by atoms with Crippen LogP contribution in [0.15, 0.2) is 18.2 Å². The molecule has 0 bridgehead atoms. The molecule has 2 atom stereocenters. The van der Waals surface area contributed by atoms with Gasteiger partial charge in [-0.2, -0.15) is 5.26 Å². The van der Waals surface area contributed by atoms with E-state index in [0.29, 0.717) is 11.1 Å². The molecule has 0 spiro atoms. The molecule has 0 fully saturated rings. The molecular formula is C11H12N2O4. The molecule has 0 saturated carbocycles. The first kappa shape index (κ1) is 13.1. The summed E-state index contributed by atoms with van der Waals surface area (Å²) in [5, 5.41) is 38.1. The standard InChI is InChI=1S/C11H12N2O4/c1-7-6-8(2-3-9(7)13(16)17)11(15)10(14)4-5-12/h2-3,6,10-11,14-15H,4H2,1H3. The molecule has 0 amide bonds. The fourth-order valence-electron chi connectivity index (χ4n) is 1.49. The van der Waals surface area contributed by atoms with Crippen molar-refractivity contribution in [3.05, 3.63) is 39.4 Å². The number of aryl methyl sites for hydroxylation is 1. The Morgan fingerprint density at radius 3 is 2.65 bits per heavy atom. The van der Waals surface area contributed by atoms with E-state index in [4.69, 9.17) is 5.26 Å². The third-order valence-corrected chi connectivity index (χ3v) is 2.42. The monoisotopic (exact) mass is 236 g/mol. The second-order valence-corrected chi connectivity index (χ2v) is 3.68. The van der Waals surface area contributed by atoms with Crippen molar-refractivity contribution in [3.8, 4) is 6.07 Å². The van der Waals surface area contributed by atoms with E-state index in [2.05, 4.69) is 0 Å². The van der Waals surface area contributed by atoms with Gasteiger partial charge in [-0.3, -0.25) is 10.1 Å². The van der Waals surface area contributed by atoms with Crippen molar-refractivity contribution < 1.29 is 15.1 Å². The van der Waals surface area contributed by atoms with Crippen molar-refractivity contribution in [3.63, 3.8) is 0 Å². The van der Waals surface area contributed by atoms with Gasteiger partial charge in [-0.25, -0.2) is 0 Å². The minimum absolute atomic E-state index is 0.0456. The quantitative estimate of drug-likeness (QED) is 0.603. The van der Waals surface area contributed by atoms with Gasteiger partial charge in [0, 0.05) is 11.6 Å². The van der Waals surface area contributed by atoms with Gasteiger partial charge < -0.3 is 10.2 Å². The molecule has 0 heterocycles. The lowest BCUT2D eigenvalue weighted by Gasteiger charge is -2.15. The first-order valence-corrected chi connectivity index (χ1v) is 4.95. The highest BCUT2D eigenvalue weighted by Crippen LogP contribution is 2.25. The summed E-state index contributed by atoms with van der Waals surface area (Å²) in [6.07, 6.45) is -2.60. The van der Waals surface area contributed by atoms with Crippen LogP contribution in [0.5, 0.6) is 0 Å². The van der Waals surface area contributed by atoms with Crippen LogP contribution in [-0.2, 0) is 0 Å². The van der Waals surface area contributed by atoms with Crippen LogP contribution in [-0.4, -0.2) is 21.2 Å². The summed E-state index contributed by atoms with van der Waals surface area (Å²) in [6, 6.07) is 5.82. The predicted molar refractivity (Wildman–Crippen MR) is 59.0 cm³/mol. The van der Waals surface area contributed by atoms with Crippen molar-refractivity contribution in [2.75, 3.05) is 0 Å². The maximum atomic E-state index is 10.6. The van der Waals surface area contributed by atoms with E-state index in [0.717, 1.165) is 0 Å². The first-order valence-electron chi connectivity index (χ1n) is 4.95. The molecular weight excluding hydrogens is 224 g/mol. The van der Waals surface area contributed by atoms with Crippen LogP contribution in [0.4, 0.5) is 5.69 Å². The maximum Gasteiger partial charge on any atom is 0.272 e. The van der Waals surface area contributed by atoms with E-state index < -0.39 is 17.1 Å². The molecule has 0 radical (unpaired) electrons. The van der Waals surface area contributed by atoms with Crippen LogP contribution in [0.2, 0.25) is 0 Å². The van der Waals surface area contributed by atoms with Crippen LogP contribution < -0.4 is 0 Å². The molecule has 6 nitrogen and oxygen atoms in total. The van der Waals surface area contributed by atoms with E-state index in [1.54, 1.807) is 13.0 Å². The smallest absolute Gasteiger partial charge is 0.272 e. The summed E-state index contributed by atoms with van der Waals surface area (Å²) in [7, 11) is 0. The number of benzene rings is 1. The summed E-state index contributed by atoms with van der Waals surface area (Å²) in [4.78, 5) is 10.1. The lowest BCUT2D eigenvalue weighted by atomic mass is 10.00. The number of hydrogen-bond acceptors (Lipinski definition) is 5. The molecule has 0 saturated heterocycles. The number of nitrogens with zero attached hydrogens (tertiary/aromatic N) is 2. The average molecular weight is 236 g/mol. The topological polar surface area (TPSA) is 107 Å². The second kappa shape index (κ2) is 5.39. The van der Waals surface area contributed by atoms with Gasteiger partial charge in [-0.1, -0.05) is 0 Å². The summed E-state index contributed by atoms with van der Waals surface area (Å²) in [5.41, 5.74) is 0.710. The largest absolute Gasteiger partial charge is 0.389 e.